The van der Waals surface area contributed by atoms with Gasteiger partial charge in [-0.3, -0.25) is 0 Å². The molecule has 0 aliphatic heterocycles. The van der Waals surface area contributed by atoms with Crippen LogP contribution in [0.5, 0.6) is 0 Å². The average molecular weight is 221 g/mol. The highest BCUT2D eigenvalue weighted by molar-refractivity contribution is 4.59. The number of rotatable bonds is 8. The van der Waals surface area contributed by atoms with E-state index in [1.165, 1.54) is 7.11 Å². The van der Waals surface area contributed by atoms with E-state index in [2.05, 4.69) is 0 Å². The molecule has 0 aromatic carbocycles. The van der Waals surface area contributed by atoms with Crippen LogP contribution in [-0.2, 0) is 14.2 Å². The van der Waals surface area contributed by atoms with E-state index in [0.29, 0.717) is 13.2 Å². The molecule has 0 radical (unpaired) electrons. The molecule has 0 aromatic heterocycles. The summed E-state index contributed by atoms with van der Waals surface area (Å²) in [7, 11) is 1.54. The molecule has 0 saturated heterocycles. The van der Waals surface area contributed by atoms with Crippen LogP contribution < -0.4 is 5.73 Å². The van der Waals surface area contributed by atoms with E-state index < -0.39 is 12.3 Å². The number of methoxy groups -OCH3 is 1. The molecule has 0 aliphatic carbocycles. The minimum absolute atomic E-state index is 0.0638. The Kier molecular flexibility index (Phi) is 7.90. The molecule has 15 heavy (non-hydrogen) atoms. The Morgan fingerprint density at radius 2 is 1.73 bits per heavy atom. The largest absolute Gasteiger partial charge is 0.391 e. The smallest absolute Gasteiger partial charge is 0.131 e. The van der Waals surface area contributed by atoms with Crippen LogP contribution in [0, 0.1) is 0 Å². The second-order valence-corrected chi connectivity index (χ2v) is 3.73. The lowest BCUT2D eigenvalue weighted by molar-refractivity contribution is -0.0881. The van der Waals surface area contributed by atoms with Gasteiger partial charge in [0.15, 0.2) is 0 Å². The summed E-state index contributed by atoms with van der Waals surface area (Å²) in [6.45, 7) is 6.15. The van der Waals surface area contributed by atoms with Gasteiger partial charge in [-0.05, 0) is 20.8 Å². The maximum Gasteiger partial charge on any atom is 0.131 e. The molecule has 0 spiro atoms. The summed E-state index contributed by atoms with van der Waals surface area (Å²) in [6.07, 6.45) is -1.11. The predicted molar refractivity (Wildman–Crippen MR) is 57.5 cm³/mol. The third kappa shape index (κ3) is 7.70. The van der Waals surface area contributed by atoms with Crippen LogP contribution in [0.15, 0.2) is 0 Å². The lowest BCUT2D eigenvalue weighted by Gasteiger charge is -2.21. The Morgan fingerprint density at radius 1 is 1.13 bits per heavy atom. The minimum atomic E-state index is -0.453. The van der Waals surface area contributed by atoms with E-state index >= 15 is 0 Å². The van der Waals surface area contributed by atoms with Crippen molar-refractivity contribution in [3.8, 4) is 0 Å². The summed E-state index contributed by atoms with van der Waals surface area (Å²) in [4.78, 5) is 0. The van der Waals surface area contributed by atoms with Gasteiger partial charge in [0.05, 0.1) is 31.5 Å². The van der Waals surface area contributed by atoms with E-state index in [1.807, 2.05) is 13.8 Å². The SMILES string of the molecule is COC(N)C(C)OCC(C)OCC(C)O. The molecular weight excluding hydrogens is 198 g/mol. The molecule has 0 amide bonds. The molecule has 0 bridgehead atoms. The van der Waals surface area contributed by atoms with Gasteiger partial charge in [-0.15, -0.1) is 0 Å². The maximum atomic E-state index is 9.00. The maximum absolute atomic E-state index is 9.00. The summed E-state index contributed by atoms with van der Waals surface area (Å²) >= 11 is 0. The Hall–Kier alpha value is -0.200. The Morgan fingerprint density at radius 3 is 2.20 bits per heavy atom. The van der Waals surface area contributed by atoms with Crippen LogP contribution in [0.3, 0.4) is 0 Å². The van der Waals surface area contributed by atoms with Crippen molar-refractivity contribution in [1.29, 1.82) is 0 Å². The first-order valence-electron chi connectivity index (χ1n) is 5.17. The Balaban J connectivity index is 3.56. The standard InChI is InChI=1S/C10H23NO4/c1-7(12)5-14-8(2)6-15-9(3)10(11)13-4/h7-10,12H,5-6,11H2,1-4H3. The number of aliphatic hydroxyl groups is 1. The summed E-state index contributed by atoms with van der Waals surface area (Å²) in [5.41, 5.74) is 5.60. The van der Waals surface area contributed by atoms with Crippen LogP contribution in [-0.4, -0.2) is 50.0 Å². The van der Waals surface area contributed by atoms with E-state index in [0.717, 1.165) is 0 Å². The molecule has 4 atom stereocenters. The molecule has 4 unspecified atom stereocenters. The lowest BCUT2D eigenvalue weighted by atomic mass is 10.3. The van der Waals surface area contributed by atoms with Gasteiger partial charge in [-0.1, -0.05) is 0 Å². The summed E-state index contributed by atoms with van der Waals surface area (Å²) in [6, 6.07) is 0. The predicted octanol–water partition coefficient (Wildman–Crippen LogP) is 0.109. The van der Waals surface area contributed by atoms with Crippen LogP contribution >= 0.6 is 0 Å². The first-order valence-corrected chi connectivity index (χ1v) is 5.17. The van der Waals surface area contributed by atoms with Crippen molar-refractivity contribution in [2.24, 2.45) is 5.73 Å². The first kappa shape index (κ1) is 14.8. The van der Waals surface area contributed by atoms with E-state index in [9.17, 15) is 0 Å². The van der Waals surface area contributed by atoms with Crippen molar-refractivity contribution in [3.05, 3.63) is 0 Å². The van der Waals surface area contributed by atoms with Crippen LogP contribution in [0.1, 0.15) is 20.8 Å². The van der Waals surface area contributed by atoms with Crippen LogP contribution in [0.4, 0.5) is 0 Å². The second-order valence-electron chi connectivity index (χ2n) is 3.73. The zero-order valence-electron chi connectivity index (χ0n) is 9.97. The van der Waals surface area contributed by atoms with Gasteiger partial charge in [-0.2, -0.15) is 0 Å². The number of aliphatic hydroxyl groups excluding tert-OH is 1. The van der Waals surface area contributed by atoms with Crippen molar-refractivity contribution < 1.29 is 19.3 Å². The fraction of sp³-hybridized carbons (Fsp3) is 1.00. The molecule has 0 rings (SSSR count). The number of nitrogens with two attached hydrogens (primary N) is 1. The van der Waals surface area contributed by atoms with E-state index in [4.69, 9.17) is 25.1 Å². The van der Waals surface area contributed by atoms with Crippen molar-refractivity contribution in [3.63, 3.8) is 0 Å². The Labute approximate surface area is 91.5 Å². The third-order valence-corrected chi connectivity index (χ3v) is 1.95. The summed E-state index contributed by atoms with van der Waals surface area (Å²) < 4.78 is 15.7. The summed E-state index contributed by atoms with van der Waals surface area (Å²) in [5, 5.41) is 9.00. The van der Waals surface area contributed by atoms with Crippen molar-refractivity contribution in [1.82, 2.24) is 0 Å². The lowest BCUT2D eigenvalue weighted by Crippen LogP contribution is -2.37. The molecule has 0 aliphatic rings. The second kappa shape index (κ2) is 8.01. The first-order chi connectivity index (χ1) is 6.97. The quantitative estimate of drug-likeness (QED) is 0.569. The fourth-order valence-electron chi connectivity index (χ4n) is 0.925. The highest BCUT2D eigenvalue weighted by Gasteiger charge is 2.13. The highest BCUT2D eigenvalue weighted by Crippen LogP contribution is 2.01. The number of hydrogen-bond acceptors (Lipinski definition) is 5. The van der Waals surface area contributed by atoms with Gasteiger partial charge in [0, 0.05) is 7.11 Å². The zero-order valence-corrected chi connectivity index (χ0v) is 9.97. The van der Waals surface area contributed by atoms with Gasteiger partial charge in [0.2, 0.25) is 0 Å². The third-order valence-electron chi connectivity index (χ3n) is 1.95. The highest BCUT2D eigenvalue weighted by atomic mass is 16.6. The number of ether oxygens (including phenoxy) is 3. The van der Waals surface area contributed by atoms with Gasteiger partial charge < -0.3 is 25.1 Å². The fourth-order valence-corrected chi connectivity index (χ4v) is 0.925. The Bertz CT molecular complexity index is 154. The zero-order chi connectivity index (χ0) is 11.8. The van der Waals surface area contributed by atoms with Gasteiger partial charge in [0.25, 0.3) is 0 Å². The monoisotopic (exact) mass is 221 g/mol. The molecule has 0 saturated carbocycles. The van der Waals surface area contributed by atoms with Crippen LogP contribution in [0.25, 0.3) is 0 Å². The molecule has 0 fully saturated rings. The van der Waals surface area contributed by atoms with Crippen molar-refractivity contribution >= 4 is 0 Å². The van der Waals surface area contributed by atoms with Crippen LogP contribution in [0.2, 0.25) is 0 Å². The van der Waals surface area contributed by atoms with Crippen molar-refractivity contribution in [2.45, 2.75) is 45.3 Å². The van der Waals surface area contributed by atoms with Crippen molar-refractivity contribution in [2.75, 3.05) is 20.3 Å². The molecule has 0 heterocycles. The topological polar surface area (TPSA) is 73.9 Å². The molecular formula is C10H23NO4. The van der Waals surface area contributed by atoms with E-state index in [-0.39, 0.29) is 12.2 Å². The molecule has 5 nitrogen and oxygen atoms in total. The molecule has 3 N–H and O–H groups in total. The normalized spacial score (nSPS) is 19.6. The van der Waals surface area contributed by atoms with Gasteiger partial charge in [-0.25, -0.2) is 0 Å². The minimum Gasteiger partial charge on any atom is -0.391 e. The van der Waals surface area contributed by atoms with Gasteiger partial charge >= 0.3 is 0 Å². The van der Waals surface area contributed by atoms with Gasteiger partial charge in [0.1, 0.15) is 6.23 Å². The number of hydrogen-bond donors (Lipinski definition) is 2. The molecule has 92 valence electrons. The summed E-state index contributed by atoms with van der Waals surface area (Å²) in [5.74, 6) is 0. The average Bonchev–Trinajstić information content (AvgIpc) is 2.21. The molecule has 0 aromatic rings. The molecule has 5 heteroatoms. The van der Waals surface area contributed by atoms with E-state index in [1.54, 1.807) is 6.92 Å².